The van der Waals surface area contributed by atoms with E-state index in [1.54, 1.807) is 0 Å². The van der Waals surface area contributed by atoms with E-state index in [1.807, 2.05) is 13.8 Å². The highest BCUT2D eigenvalue weighted by molar-refractivity contribution is 5.49. The molecule has 0 aliphatic carbocycles. The Morgan fingerprint density at radius 1 is 1.50 bits per heavy atom. The Hall–Kier alpha value is -0.400. The van der Waals surface area contributed by atoms with Crippen LogP contribution in [0.1, 0.15) is 20.3 Å². The number of aldehydes is 1. The van der Waals surface area contributed by atoms with Gasteiger partial charge in [-0.25, -0.2) is 0 Å². The maximum atomic E-state index is 9.62. The third-order valence-electron chi connectivity index (χ3n) is 0.568. The Kier molecular flexibility index (Phi) is 12.9. The molecule has 0 bridgehead atoms. The maximum Gasteiger partial charge on any atom is 0.120 e. The van der Waals surface area contributed by atoms with E-state index >= 15 is 0 Å². The minimum absolute atomic E-state index is 0.500. The van der Waals surface area contributed by atoms with Crippen LogP contribution in [-0.2, 0) is 4.79 Å². The quantitative estimate of drug-likeness (QED) is 0.508. The molecule has 0 spiro atoms. The normalized spacial score (nSPS) is 7.62. The van der Waals surface area contributed by atoms with E-state index in [4.69, 9.17) is 0 Å². The summed E-state index contributed by atoms with van der Waals surface area (Å²) in [7, 11) is 0.500. The van der Waals surface area contributed by atoms with Crippen LogP contribution < -0.4 is 0 Å². The van der Waals surface area contributed by atoms with Gasteiger partial charge in [-0.05, 0) is 5.92 Å². The summed E-state index contributed by atoms with van der Waals surface area (Å²) < 4.78 is 9.50. The first kappa shape index (κ1) is 10.6. The van der Waals surface area contributed by atoms with Crippen LogP contribution in [0.2, 0.25) is 0 Å². The molecule has 0 aromatic rings. The summed E-state index contributed by atoms with van der Waals surface area (Å²) in [6.45, 7) is 4.04. The van der Waals surface area contributed by atoms with E-state index in [0.717, 1.165) is 6.29 Å². The Morgan fingerprint density at radius 2 is 1.88 bits per heavy atom. The van der Waals surface area contributed by atoms with Gasteiger partial charge in [0, 0.05) is 6.42 Å². The van der Waals surface area contributed by atoms with Gasteiger partial charge in [0.25, 0.3) is 0 Å². The van der Waals surface area contributed by atoms with E-state index in [-0.39, 0.29) is 0 Å². The molecular formula is C6H13FO. The SMILES string of the molecule is CC(C)CC=O.CF. The van der Waals surface area contributed by atoms with Crippen LogP contribution in [0, 0.1) is 5.92 Å². The van der Waals surface area contributed by atoms with Crippen LogP contribution in [0.4, 0.5) is 4.39 Å². The largest absolute Gasteiger partial charge is 0.303 e. The zero-order valence-electron chi connectivity index (χ0n) is 5.65. The fourth-order valence-corrected chi connectivity index (χ4v) is 0.192. The molecule has 0 unspecified atom stereocenters. The zero-order valence-corrected chi connectivity index (χ0v) is 5.65. The Balaban J connectivity index is 0. The molecule has 50 valence electrons. The number of hydrogen-bond acceptors (Lipinski definition) is 1. The predicted molar refractivity (Wildman–Crippen MR) is 32.6 cm³/mol. The van der Waals surface area contributed by atoms with Gasteiger partial charge in [0.1, 0.15) is 6.29 Å². The highest BCUT2D eigenvalue weighted by Gasteiger charge is 1.85. The van der Waals surface area contributed by atoms with Gasteiger partial charge in [0.15, 0.2) is 0 Å². The van der Waals surface area contributed by atoms with Gasteiger partial charge < -0.3 is 4.79 Å². The van der Waals surface area contributed by atoms with Crippen molar-refractivity contribution in [3.8, 4) is 0 Å². The molecule has 0 fully saturated rings. The molecule has 0 atom stereocenters. The van der Waals surface area contributed by atoms with Gasteiger partial charge in [-0.3, -0.25) is 4.39 Å². The van der Waals surface area contributed by atoms with Gasteiger partial charge in [-0.15, -0.1) is 0 Å². The highest BCUT2D eigenvalue weighted by atomic mass is 19.1. The van der Waals surface area contributed by atoms with Gasteiger partial charge in [0.05, 0.1) is 7.18 Å². The zero-order chi connectivity index (χ0) is 6.99. The van der Waals surface area contributed by atoms with E-state index in [9.17, 15) is 9.18 Å². The van der Waals surface area contributed by atoms with Gasteiger partial charge in [0.2, 0.25) is 0 Å². The number of halogens is 1. The number of rotatable bonds is 2. The third-order valence-corrected chi connectivity index (χ3v) is 0.568. The molecule has 0 aromatic heterocycles. The van der Waals surface area contributed by atoms with Crippen LogP contribution >= 0.6 is 0 Å². The molecule has 0 radical (unpaired) electrons. The van der Waals surface area contributed by atoms with Crippen molar-refractivity contribution in [2.75, 3.05) is 7.18 Å². The number of hydrogen-bond donors (Lipinski definition) is 0. The average molecular weight is 120 g/mol. The first-order valence-corrected chi connectivity index (χ1v) is 2.58. The van der Waals surface area contributed by atoms with Crippen molar-refractivity contribution >= 4 is 6.29 Å². The van der Waals surface area contributed by atoms with Crippen LogP contribution in [0.15, 0.2) is 0 Å². The second kappa shape index (κ2) is 9.78. The molecule has 0 N–H and O–H groups in total. The fraction of sp³-hybridized carbons (Fsp3) is 0.833. The number of alkyl halides is 1. The Labute approximate surface area is 49.9 Å². The van der Waals surface area contributed by atoms with E-state index < -0.39 is 0 Å². The molecule has 0 aromatic carbocycles. The molecule has 0 rings (SSSR count). The van der Waals surface area contributed by atoms with Crippen LogP contribution in [0.25, 0.3) is 0 Å². The van der Waals surface area contributed by atoms with E-state index in [2.05, 4.69) is 0 Å². The molecular weight excluding hydrogens is 107 g/mol. The molecule has 0 saturated carbocycles. The van der Waals surface area contributed by atoms with Gasteiger partial charge in [-0.1, -0.05) is 13.8 Å². The minimum atomic E-state index is 0.500. The minimum Gasteiger partial charge on any atom is -0.303 e. The average Bonchev–Trinajstić information content (AvgIpc) is 1.72. The van der Waals surface area contributed by atoms with E-state index in [1.165, 1.54) is 0 Å². The predicted octanol–water partition coefficient (Wildman–Crippen LogP) is 1.82. The smallest absolute Gasteiger partial charge is 0.120 e. The lowest BCUT2D eigenvalue weighted by atomic mass is 10.2. The van der Waals surface area contributed by atoms with Gasteiger partial charge >= 0.3 is 0 Å². The van der Waals surface area contributed by atoms with Crippen LogP contribution in [0.5, 0.6) is 0 Å². The Bertz CT molecular complexity index is 43.8. The second-order valence-electron chi connectivity index (χ2n) is 1.80. The van der Waals surface area contributed by atoms with Crippen molar-refractivity contribution in [3.63, 3.8) is 0 Å². The summed E-state index contributed by atoms with van der Waals surface area (Å²) >= 11 is 0. The number of carbonyl (C=O) groups is 1. The molecule has 0 aliphatic heterocycles. The lowest BCUT2D eigenvalue weighted by Gasteiger charge is -1.89. The lowest BCUT2D eigenvalue weighted by Crippen LogP contribution is -1.84. The molecule has 0 heterocycles. The van der Waals surface area contributed by atoms with Crippen molar-refractivity contribution < 1.29 is 9.18 Å². The van der Waals surface area contributed by atoms with Crippen molar-refractivity contribution in [1.29, 1.82) is 0 Å². The monoisotopic (exact) mass is 120 g/mol. The summed E-state index contributed by atoms with van der Waals surface area (Å²) in [6, 6.07) is 0. The highest BCUT2D eigenvalue weighted by Crippen LogP contribution is 1.92. The molecule has 0 aliphatic rings. The summed E-state index contributed by atoms with van der Waals surface area (Å²) in [5.41, 5.74) is 0. The second-order valence-corrected chi connectivity index (χ2v) is 1.80. The summed E-state index contributed by atoms with van der Waals surface area (Å²) in [5.74, 6) is 0.530. The molecule has 0 amide bonds. The molecule has 0 saturated heterocycles. The first-order chi connectivity index (χ1) is 3.77. The van der Waals surface area contributed by atoms with Crippen molar-refractivity contribution in [2.45, 2.75) is 20.3 Å². The van der Waals surface area contributed by atoms with E-state index in [0.29, 0.717) is 19.5 Å². The first-order valence-electron chi connectivity index (χ1n) is 2.58. The topological polar surface area (TPSA) is 17.1 Å². The summed E-state index contributed by atoms with van der Waals surface area (Å²) in [5, 5.41) is 0. The van der Waals surface area contributed by atoms with Crippen molar-refractivity contribution in [1.82, 2.24) is 0 Å². The number of carbonyl (C=O) groups excluding carboxylic acids is 1. The van der Waals surface area contributed by atoms with Crippen LogP contribution in [0.3, 0.4) is 0 Å². The molecule has 8 heavy (non-hydrogen) atoms. The van der Waals surface area contributed by atoms with Gasteiger partial charge in [-0.2, -0.15) is 0 Å². The molecule has 1 nitrogen and oxygen atoms in total. The summed E-state index contributed by atoms with van der Waals surface area (Å²) in [6.07, 6.45) is 1.64. The summed E-state index contributed by atoms with van der Waals surface area (Å²) in [4.78, 5) is 9.62. The van der Waals surface area contributed by atoms with Crippen molar-refractivity contribution in [2.24, 2.45) is 5.92 Å². The lowest BCUT2D eigenvalue weighted by molar-refractivity contribution is -0.108. The third kappa shape index (κ3) is 17.5. The molecule has 2 heteroatoms. The Morgan fingerprint density at radius 3 is 1.88 bits per heavy atom. The van der Waals surface area contributed by atoms with Crippen molar-refractivity contribution in [3.05, 3.63) is 0 Å². The van der Waals surface area contributed by atoms with Crippen LogP contribution in [-0.4, -0.2) is 13.5 Å². The fourth-order valence-electron chi connectivity index (χ4n) is 0.192. The standard InChI is InChI=1S/C5H10O.CH3F/c1-5(2)3-4-6;1-2/h4-5H,3H2,1-2H3;1H3. The maximum absolute atomic E-state index is 9.62.